The molecule has 0 atom stereocenters. The third kappa shape index (κ3) is 3.01. The molecule has 0 aliphatic rings. The van der Waals surface area contributed by atoms with Crippen LogP contribution in [0.5, 0.6) is 0 Å². The number of alkyl halides is 3. The quantitative estimate of drug-likeness (QED) is 0.587. The van der Waals surface area contributed by atoms with Crippen LogP contribution in [0.2, 0.25) is 0 Å². The molecule has 11 heavy (non-hydrogen) atoms. The number of rotatable bonds is 2. The van der Waals surface area contributed by atoms with Gasteiger partial charge in [-0.2, -0.15) is 13.2 Å². The molecule has 0 aliphatic carbocycles. The van der Waals surface area contributed by atoms with Crippen LogP contribution in [0, 0.1) is 0 Å². The zero-order valence-electron chi connectivity index (χ0n) is 5.60. The lowest BCUT2D eigenvalue weighted by molar-refractivity contribution is -0.183. The van der Waals surface area contributed by atoms with Gasteiger partial charge in [0.2, 0.25) is 6.29 Å². The van der Waals surface area contributed by atoms with Gasteiger partial charge >= 0.3 is 12.1 Å². The molecule has 0 aromatic rings. The van der Waals surface area contributed by atoms with Gasteiger partial charge in [0, 0.05) is 7.05 Å². The van der Waals surface area contributed by atoms with Crippen molar-refractivity contribution >= 4 is 12.2 Å². The molecule has 0 aliphatic heterocycles. The second-order valence-electron chi connectivity index (χ2n) is 1.80. The fourth-order valence-electron chi connectivity index (χ4n) is 0.385. The molecule has 0 aromatic carbocycles. The predicted octanol–water partition coefficient (Wildman–Crippen LogP) is 0.117. The number of nitrogens with zero attached hydrogens (tertiary/aromatic N) is 1. The molecule has 0 N–H and O–H groups in total. The third-order valence-corrected chi connectivity index (χ3v) is 0.891. The van der Waals surface area contributed by atoms with E-state index in [-0.39, 0.29) is 4.90 Å². The molecule has 0 aromatic heterocycles. The Labute approximate surface area is 60.8 Å². The maximum Gasteiger partial charge on any atom is 0.471 e. The molecule has 1 radical (unpaired) electrons. The van der Waals surface area contributed by atoms with Crippen LogP contribution in [0.3, 0.4) is 0 Å². The van der Waals surface area contributed by atoms with Crippen molar-refractivity contribution in [1.82, 2.24) is 4.90 Å². The average Bonchev–Trinajstić information content (AvgIpc) is 1.85. The summed E-state index contributed by atoms with van der Waals surface area (Å²) in [6.45, 7) is -0.668. The molecule has 0 saturated carbocycles. The van der Waals surface area contributed by atoms with Gasteiger partial charge in [0.05, 0.1) is 6.54 Å². The lowest BCUT2D eigenvalue weighted by Crippen LogP contribution is -2.39. The minimum absolute atomic E-state index is 0.243. The Balaban J connectivity index is 4.13. The maximum absolute atomic E-state index is 11.5. The molecule has 6 heteroatoms. The van der Waals surface area contributed by atoms with Gasteiger partial charge in [-0.25, -0.2) is 0 Å². The lowest BCUT2D eigenvalue weighted by atomic mass is 10.5. The molecule has 1 amide bonds. The van der Waals surface area contributed by atoms with Crippen LogP contribution in [0.15, 0.2) is 0 Å². The monoisotopic (exact) mass is 168 g/mol. The van der Waals surface area contributed by atoms with Crippen LogP contribution in [0.1, 0.15) is 0 Å². The molecule has 0 saturated heterocycles. The van der Waals surface area contributed by atoms with Crippen LogP contribution in [-0.4, -0.2) is 36.9 Å². The maximum atomic E-state index is 11.5. The van der Waals surface area contributed by atoms with Crippen LogP contribution in [0.4, 0.5) is 13.2 Å². The highest BCUT2D eigenvalue weighted by Crippen LogP contribution is 2.16. The topological polar surface area (TPSA) is 37.4 Å². The van der Waals surface area contributed by atoms with E-state index in [1.807, 2.05) is 0 Å². The SMILES string of the molecule is CN(C[C]=O)C(=O)C(F)(F)F. The Kier molecular flexibility index (Phi) is 3.03. The molecule has 0 rings (SSSR count). The van der Waals surface area contributed by atoms with Crippen molar-refractivity contribution in [2.24, 2.45) is 0 Å². The van der Waals surface area contributed by atoms with Crippen molar-refractivity contribution < 1.29 is 22.8 Å². The summed E-state index contributed by atoms with van der Waals surface area (Å²) in [7, 11) is 0.876. The second-order valence-corrected chi connectivity index (χ2v) is 1.80. The van der Waals surface area contributed by atoms with Crippen LogP contribution in [-0.2, 0) is 9.59 Å². The third-order valence-electron chi connectivity index (χ3n) is 0.891. The normalized spacial score (nSPS) is 10.9. The number of carbonyl (C=O) groups is 1. The van der Waals surface area contributed by atoms with E-state index in [1.54, 1.807) is 0 Å². The van der Waals surface area contributed by atoms with E-state index in [2.05, 4.69) is 0 Å². The fourth-order valence-corrected chi connectivity index (χ4v) is 0.385. The summed E-state index contributed by atoms with van der Waals surface area (Å²) >= 11 is 0. The van der Waals surface area contributed by atoms with Crippen LogP contribution < -0.4 is 0 Å². The molecular weight excluding hydrogens is 163 g/mol. The molecule has 0 fully saturated rings. The van der Waals surface area contributed by atoms with Gasteiger partial charge < -0.3 is 4.90 Å². The zero-order valence-corrected chi connectivity index (χ0v) is 5.60. The van der Waals surface area contributed by atoms with Crippen molar-refractivity contribution in [3.8, 4) is 0 Å². The highest BCUT2D eigenvalue weighted by atomic mass is 19.4. The van der Waals surface area contributed by atoms with E-state index >= 15 is 0 Å². The van der Waals surface area contributed by atoms with Crippen molar-refractivity contribution in [2.75, 3.05) is 13.6 Å². The van der Waals surface area contributed by atoms with E-state index in [9.17, 15) is 22.8 Å². The molecule has 0 heterocycles. The lowest BCUT2D eigenvalue weighted by Gasteiger charge is -2.14. The summed E-state index contributed by atoms with van der Waals surface area (Å²) in [4.78, 5) is 20.0. The number of likely N-dealkylation sites (N-methyl/N-ethyl adjacent to an activating group) is 1. The number of carbonyl (C=O) groups excluding carboxylic acids is 2. The minimum Gasteiger partial charge on any atom is -0.330 e. The Morgan fingerprint density at radius 1 is 1.55 bits per heavy atom. The predicted molar refractivity (Wildman–Crippen MR) is 29.4 cm³/mol. The van der Waals surface area contributed by atoms with Gasteiger partial charge in [0.15, 0.2) is 0 Å². The number of hydrogen-bond acceptors (Lipinski definition) is 2. The van der Waals surface area contributed by atoms with Gasteiger partial charge in [0.1, 0.15) is 0 Å². The second kappa shape index (κ2) is 3.36. The minimum atomic E-state index is -4.91. The van der Waals surface area contributed by atoms with Gasteiger partial charge in [-0.15, -0.1) is 0 Å². The number of hydrogen-bond donors (Lipinski definition) is 0. The highest BCUT2D eigenvalue weighted by molar-refractivity contribution is 5.83. The Hall–Kier alpha value is -1.07. The number of halogens is 3. The first-order chi connectivity index (χ1) is 4.89. The Morgan fingerprint density at radius 2 is 2.00 bits per heavy atom. The van der Waals surface area contributed by atoms with E-state index in [4.69, 9.17) is 0 Å². The molecular formula is C5H5F3NO2. The molecule has 3 nitrogen and oxygen atoms in total. The first kappa shape index (κ1) is 9.93. The largest absolute Gasteiger partial charge is 0.471 e. The highest BCUT2D eigenvalue weighted by Gasteiger charge is 2.40. The van der Waals surface area contributed by atoms with Gasteiger partial charge in [-0.05, 0) is 0 Å². The van der Waals surface area contributed by atoms with Crippen molar-refractivity contribution in [2.45, 2.75) is 6.18 Å². The standard InChI is InChI=1S/C5H5F3NO2/c1-9(2-3-10)4(11)5(6,7)8/h2H2,1H3. The average molecular weight is 168 g/mol. The summed E-state index contributed by atoms with van der Waals surface area (Å²) in [5.74, 6) is -2.04. The molecule has 63 valence electrons. The van der Waals surface area contributed by atoms with Gasteiger partial charge in [-0.1, -0.05) is 0 Å². The smallest absolute Gasteiger partial charge is 0.330 e. The zero-order chi connectivity index (χ0) is 9.07. The van der Waals surface area contributed by atoms with E-state index in [1.165, 1.54) is 6.29 Å². The van der Waals surface area contributed by atoms with Crippen molar-refractivity contribution in [1.29, 1.82) is 0 Å². The Bertz CT molecular complexity index is 166. The number of amides is 1. The summed E-state index contributed by atoms with van der Waals surface area (Å²) < 4.78 is 34.5. The molecule has 0 spiro atoms. The van der Waals surface area contributed by atoms with Crippen LogP contribution >= 0.6 is 0 Å². The molecule has 0 bridgehead atoms. The van der Waals surface area contributed by atoms with Crippen molar-refractivity contribution in [3.63, 3.8) is 0 Å². The Morgan fingerprint density at radius 3 is 2.27 bits per heavy atom. The van der Waals surface area contributed by atoms with E-state index < -0.39 is 18.6 Å². The van der Waals surface area contributed by atoms with E-state index in [0.29, 0.717) is 0 Å². The van der Waals surface area contributed by atoms with Crippen LogP contribution in [0.25, 0.3) is 0 Å². The first-order valence-corrected chi connectivity index (χ1v) is 2.57. The first-order valence-electron chi connectivity index (χ1n) is 2.57. The summed E-state index contributed by atoms with van der Waals surface area (Å²) in [6, 6.07) is 0. The summed E-state index contributed by atoms with van der Waals surface area (Å²) in [5.41, 5.74) is 0. The van der Waals surface area contributed by atoms with E-state index in [0.717, 1.165) is 7.05 Å². The van der Waals surface area contributed by atoms with Gasteiger partial charge in [-0.3, -0.25) is 9.59 Å². The summed E-state index contributed by atoms with van der Waals surface area (Å²) in [6.07, 6.45) is -3.74. The fraction of sp³-hybridized carbons (Fsp3) is 0.600. The molecule has 0 unspecified atom stereocenters. The summed E-state index contributed by atoms with van der Waals surface area (Å²) in [5, 5.41) is 0. The van der Waals surface area contributed by atoms with Crippen molar-refractivity contribution in [3.05, 3.63) is 0 Å². The van der Waals surface area contributed by atoms with Gasteiger partial charge in [0.25, 0.3) is 0 Å².